The highest BCUT2D eigenvalue weighted by atomic mass is 16.4. The number of amides is 1. The molecule has 1 heterocycles. The van der Waals surface area contributed by atoms with Gasteiger partial charge in [-0.05, 0) is 55.2 Å². The lowest BCUT2D eigenvalue weighted by molar-refractivity contribution is 0.0953. The van der Waals surface area contributed by atoms with Crippen LogP contribution in [0, 0.1) is 13.8 Å². The van der Waals surface area contributed by atoms with Crippen LogP contribution < -0.4 is 16.3 Å². The second kappa shape index (κ2) is 8.08. The van der Waals surface area contributed by atoms with Gasteiger partial charge >= 0.3 is 5.63 Å². The number of hydrogen-bond acceptors (Lipinski definition) is 4. The molecule has 0 unspecified atom stereocenters. The number of aryl methyl sites for hydroxylation is 2. The average Bonchev–Trinajstić information content (AvgIpc) is 2.67. The molecule has 3 rings (SSSR count). The molecule has 1 amide bonds. The van der Waals surface area contributed by atoms with E-state index in [0.29, 0.717) is 24.2 Å². The maximum absolute atomic E-state index is 12.1. The summed E-state index contributed by atoms with van der Waals surface area (Å²) in [6, 6.07) is 12.9. The second-order valence-electron chi connectivity index (χ2n) is 6.67. The van der Waals surface area contributed by atoms with Crippen LogP contribution in [0.1, 0.15) is 40.4 Å². The third-order valence-corrected chi connectivity index (χ3v) is 4.66. The molecule has 0 bridgehead atoms. The monoisotopic (exact) mass is 364 g/mol. The van der Waals surface area contributed by atoms with Crippen molar-refractivity contribution in [1.82, 2.24) is 5.32 Å². The summed E-state index contributed by atoms with van der Waals surface area (Å²) in [7, 11) is 0. The first-order valence-corrected chi connectivity index (χ1v) is 9.14. The lowest BCUT2D eigenvalue weighted by atomic mass is 10.0. The second-order valence-corrected chi connectivity index (χ2v) is 6.67. The summed E-state index contributed by atoms with van der Waals surface area (Å²) in [5, 5.41) is 7.10. The molecule has 0 atom stereocenters. The van der Waals surface area contributed by atoms with E-state index in [9.17, 15) is 9.59 Å². The first-order valence-electron chi connectivity index (χ1n) is 9.14. The van der Waals surface area contributed by atoms with Crippen molar-refractivity contribution in [2.75, 3.05) is 11.9 Å². The molecule has 0 spiro atoms. The molecule has 0 aliphatic carbocycles. The minimum atomic E-state index is -0.360. The zero-order chi connectivity index (χ0) is 19.4. The van der Waals surface area contributed by atoms with Gasteiger partial charge in [-0.2, -0.15) is 0 Å². The minimum absolute atomic E-state index is 0.0857. The molecule has 0 fully saturated rings. The number of carbonyl (C=O) groups is 1. The molecular formula is C22H24N2O3. The van der Waals surface area contributed by atoms with E-state index in [-0.39, 0.29) is 11.5 Å². The zero-order valence-electron chi connectivity index (χ0n) is 15.9. The largest absolute Gasteiger partial charge is 0.422 e. The van der Waals surface area contributed by atoms with Crippen molar-refractivity contribution in [2.24, 2.45) is 0 Å². The highest BCUT2D eigenvalue weighted by Gasteiger charge is 2.10. The van der Waals surface area contributed by atoms with Gasteiger partial charge in [0.25, 0.3) is 5.91 Å². The Kier molecular flexibility index (Phi) is 5.60. The van der Waals surface area contributed by atoms with Crippen LogP contribution in [0.4, 0.5) is 5.69 Å². The van der Waals surface area contributed by atoms with Crippen LogP contribution in [0.2, 0.25) is 0 Å². The third kappa shape index (κ3) is 4.19. The summed E-state index contributed by atoms with van der Waals surface area (Å²) in [6.45, 7) is 7.08. The number of rotatable bonds is 6. The Bertz CT molecular complexity index is 1040. The minimum Gasteiger partial charge on any atom is -0.422 e. The first kappa shape index (κ1) is 18.7. The molecule has 0 aliphatic rings. The number of fused-ring (bicyclic) bond motifs is 1. The highest BCUT2D eigenvalue weighted by Crippen LogP contribution is 2.24. The first-order chi connectivity index (χ1) is 13.0. The maximum atomic E-state index is 12.1. The predicted molar refractivity (Wildman–Crippen MR) is 108 cm³/mol. The van der Waals surface area contributed by atoms with Crippen LogP contribution in [0.5, 0.6) is 0 Å². The van der Waals surface area contributed by atoms with Gasteiger partial charge in [-0.3, -0.25) is 4.79 Å². The van der Waals surface area contributed by atoms with Crippen molar-refractivity contribution < 1.29 is 9.21 Å². The van der Waals surface area contributed by atoms with Crippen LogP contribution in [0.15, 0.2) is 51.7 Å². The van der Waals surface area contributed by atoms with Gasteiger partial charge in [0.2, 0.25) is 0 Å². The molecule has 140 valence electrons. The Labute approximate surface area is 158 Å². The molecule has 2 aromatic carbocycles. The SMILES string of the molecule is CCCNC(=O)c1cccc(NCc2cc(=O)oc3c(C)c(C)ccc23)c1. The summed E-state index contributed by atoms with van der Waals surface area (Å²) in [5.41, 5.74) is 4.63. The van der Waals surface area contributed by atoms with Crippen LogP contribution in [0.3, 0.4) is 0 Å². The van der Waals surface area contributed by atoms with E-state index >= 15 is 0 Å². The number of hydrogen-bond donors (Lipinski definition) is 2. The van der Waals surface area contributed by atoms with Gasteiger partial charge < -0.3 is 15.1 Å². The van der Waals surface area contributed by atoms with E-state index in [1.807, 2.05) is 51.1 Å². The number of anilines is 1. The van der Waals surface area contributed by atoms with Gasteiger partial charge in [-0.25, -0.2) is 4.79 Å². The van der Waals surface area contributed by atoms with Crippen molar-refractivity contribution in [3.8, 4) is 0 Å². The van der Waals surface area contributed by atoms with E-state index in [1.54, 1.807) is 6.07 Å². The molecule has 27 heavy (non-hydrogen) atoms. The molecule has 0 aliphatic heterocycles. The van der Waals surface area contributed by atoms with Crippen molar-refractivity contribution in [3.63, 3.8) is 0 Å². The fourth-order valence-corrected chi connectivity index (χ4v) is 2.98. The van der Waals surface area contributed by atoms with Gasteiger partial charge in [0.05, 0.1) is 0 Å². The molecular weight excluding hydrogens is 340 g/mol. The summed E-state index contributed by atoms with van der Waals surface area (Å²) < 4.78 is 5.42. The van der Waals surface area contributed by atoms with E-state index in [4.69, 9.17) is 4.42 Å². The van der Waals surface area contributed by atoms with E-state index < -0.39 is 0 Å². The summed E-state index contributed by atoms with van der Waals surface area (Å²) in [6.07, 6.45) is 0.895. The van der Waals surface area contributed by atoms with Crippen LogP contribution in [-0.4, -0.2) is 12.5 Å². The van der Waals surface area contributed by atoms with Crippen LogP contribution in [-0.2, 0) is 6.54 Å². The molecule has 5 nitrogen and oxygen atoms in total. The standard InChI is InChI=1S/C22H24N2O3/c1-4-10-23-22(26)16-6-5-7-18(11-16)24-13-17-12-20(25)27-21-15(3)14(2)8-9-19(17)21/h5-9,11-12,24H,4,10,13H2,1-3H3,(H,23,26). The van der Waals surface area contributed by atoms with Crippen molar-refractivity contribution in [2.45, 2.75) is 33.7 Å². The predicted octanol–water partition coefficient (Wildman–Crippen LogP) is 4.16. The Morgan fingerprint density at radius 2 is 1.93 bits per heavy atom. The summed E-state index contributed by atoms with van der Waals surface area (Å²) >= 11 is 0. The third-order valence-electron chi connectivity index (χ3n) is 4.66. The topological polar surface area (TPSA) is 71.3 Å². The fraction of sp³-hybridized carbons (Fsp3) is 0.273. The van der Waals surface area contributed by atoms with E-state index in [0.717, 1.165) is 34.2 Å². The van der Waals surface area contributed by atoms with Crippen LogP contribution in [0.25, 0.3) is 11.0 Å². The number of nitrogens with one attached hydrogen (secondary N) is 2. The Morgan fingerprint density at radius 3 is 2.70 bits per heavy atom. The maximum Gasteiger partial charge on any atom is 0.336 e. The lowest BCUT2D eigenvalue weighted by Gasteiger charge is -2.12. The van der Waals surface area contributed by atoms with Gasteiger partial charge in [-0.1, -0.05) is 25.1 Å². The summed E-state index contributed by atoms with van der Waals surface area (Å²) in [5.74, 6) is -0.0857. The van der Waals surface area contributed by atoms with Crippen molar-refractivity contribution in [1.29, 1.82) is 0 Å². The summed E-state index contributed by atoms with van der Waals surface area (Å²) in [4.78, 5) is 24.1. The lowest BCUT2D eigenvalue weighted by Crippen LogP contribution is -2.23. The highest BCUT2D eigenvalue weighted by molar-refractivity contribution is 5.95. The molecule has 3 aromatic rings. The number of carbonyl (C=O) groups excluding carboxylic acids is 1. The molecule has 0 radical (unpaired) electrons. The van der Waals surface area contributed by atoms with E-state index in [1.165, 1.54) is 6.07 Å². The normalized spacial score (nSPS) is 10.8. The molecule has 0 saturated heterocycles. The molecule has 0 saturated carbocycles. The Hall–Kier alpha value is -3.08. The quantitative estimate of drug-likeness (QED) is 0.644. The molecule has 1 aromatic heterocycles. The van der Waals surface area contributed by atoms with Crippen molar-refractivity contribution in [3.05, 3.63) is 75.1 Å². The smallest absolute Gasteiger partial charge is 0.336 e. The Morgan fingerprint density at radius 1 is 1.11 bits per heavy atom. The molecule has 2 N–H and O–H groups in total. The average molecular weight is 364 g/mol. The van der Waals surface area contributed by atoms with E-state index in [2.05, 4.69) is 10.6 Å². The van der Waals surface area contributed by atoms with Crippen molar-refractivity contribution >= 4 is 22.6 Å². The fourth-order valence-electron chi connectivity index (χ4n) is 2.98. The van der Waals surface area contributed by atoms with Gasteiger partial charge in [0, 0.05) is 35.8 Å². The van der Waals surface area contributed by atoms with Gasteiger partial charge in [0.15, 0.2) is 0 Å². The van der Waals surface area contributed by atoms with Crippen LogP contribution >= 0.6 is 0 Å². The molecule has 5 heteroatoms. The Balaban J connectivity index is 1.84. The van der Waals surface area contributed by atoms with Gasteiger partial charge in [-0.15, -0.1) is 0 Å². The van der Waals surface area contributed by atoms with Gasteiger partial charge in [0.1, 0.15) is 5.58 Å². The zero-order valence-corrected chi connectivity index (χ0v) is 15.9. The number of benzene rings is 2.